The molecule has 1 atom stereocenters. The molecule has 1 aromatic heterocycles. The third-order valence-electron chi connectivity index (χ3n) is 3.08. The maximum atomic E-state index is 11.9. The number of nitrogens with one attached hydrogen (secondary N) is 2. The predicted octanol–water partition coefficient (Wildman–Crippen LogP) is 3.16. The molecular formula is C17H28N4O2S2. The fraction of sp³-hybridized carbons (Fsp3) is 0.588. The van der Waals surface area contributed by atoms with Gasteiger partial charge in [0.25, 0.3) is 0 Å². The summed E-state index contributed by atoms with van der Waals surface area (Å²) in [6, 6.07) is -0.0505. The van der Waals surface area contributed by atoms with Crippen molar-refractivity contribution in [1.82, 2.24) is 15.6 Å². The molecule has 0 spiro atoms. The first-order valence-electron chi connectivity index (χ1n) is 8.41. The topological polar surface area (TPSA) is 75.6 Å². The van der Waals surface area contributed by atoms with E-state index in [0.29, 0.717) is 17.2 Å². The van der Waals surface area contributed by atoms with Crippen LogP contribution in [0.15, 0.2) is 17.6 Å². The highest BCUT2D eigenvalue weighted by Crippen LogP contribution is 2.24. The highest BCUT2D eigenvalue weighted by Gasteiger charge is 2.20. The van der Waals surface area contributed by atoms with Crippen LogP contribution in [0.2, 0.25) is 0 Å². The van der Waals surface area contributed by atoms with Crippen molar-refractivity contribution in [2.75, 3.05) is 31.2 Å². The van der Waals surface area contributed by atoms with Crippen LogP contribution in [0.5, 0.6) is 0 Å². The quantitative estimate of drug-likeness (QED) is 0.212. The van der Waals surface area contributed by atoms with Crippen LogP contribution < -0.4 is 10.6 Å². The van der Waals surface area contributed by atoms with E-state index in [1.54, 1.807) is 18.7 Å². The van der Waals surface area contributed by atoms with Crippen LogP contribution in [-0.2, 0) is 4.74 Å². The van der Waals surface area contributed by atoms with E-state index in [-0.39, 0.29) is 12.0 Å². The Morgan fingerprint density at radius 1 is 1.52 bits per heavy atom. The fourth-order valence-electron chi connectivity index (χ4n) is 1.96. The lowest BCUT2D eigenvalue weighted by Crippen LogP contribution is -2.38. The molecule has 1 heterocycles. The molecule has 0 radical (unpaired) electrons. The molecule has 0 saturated carbocycles. The van der Waals surface area contributed by atoms with E-state index in [4.69, 9.17) is 4.74 Å². The summed E-state index contributed by atoms with van der Waals surface area (Å²) in [4.78, 5) is 21.6. The number of hydrogen-bond acceptors (Lipinski definition) is 6. The van der Waals surface area contributed by atoms with Gasteiger partial charge in [-0.15, -0.1) is 17.9 Å². The number of thioether (sulfide) groups is 1. The number of carbonyl (C=O) groups is 1. The summed E-state index contributed by atoms with van der Waals surface area (Å²) in [5.41, 5.74) is 0.704. The van der Waals surface area contributed by atoms with Gasteiger partial charge in [-0.1, -0.05) is 6.08 Å². The molecule has 0 aliphatic carbocycles. The van der Waals surface area contributed by atoms with Crippen LogP contribution in [-0.4, -0.2) is 48.1 Å². The Kier molecular flexibility index (Phi) is 10.3. The Labute approximate surface area is 158 Å². The highest BCUT2D eigenvalue weighted by atomic mass is 32.2. The molecule has 1 aromatic rings. The van der Waals surface area contributed by atoms with E-state index in [1.807, 2.05) is 26.8 Å². The monoisotopic (exact) mass is 384 g/mol. The van der Waals surface area contributed by atoms with Crippen LogP contribution in [0.25, 0.3) is 0 Å². The van der Waals surface area contributed by atoms with Crippen LogP contribution in [0.4, 0.5) is 0 Å². The maximum Gasteiger partial charge on any atom is 0.350 e. The van der Waals surface area contributed by atoms with Gasteiger partial charge in [0.05, 0.1) is 24.9 Å². The Morgan fingerprint density at radius 3 is 2.92 bits per heavy atom. The number of thiazole rings is 1. The standard InChI is InChI=1S/C17H28N4O2S2/c1-6-10-24-11-9-19-17(18-7-2)21-13(5)15-20-12(4)14(25-15)16(22)23-8-3/h6,13H,1,7-11H2,2-5H3,(H2,18,19,21). The molecule has 2 N–H and O–H groups in total. The van der Waals surface area contributed by atoms with Crippen molar-refractivity contribution in [3.8, 4) is 0 Å². The summed E-state index contributed by atoms with van der Waals surface area (Å²) < 4.78 is 5.07. The summed E-state index contributed by atoms with van der Waals surface area (Å²) in [6.45, 7) is 13.2. The SMILES string of the molecule is C=CCSCCN=C(NCC)NC(C)c1nc(C)c(C(=O)OCC)s1. The average Bonchev–Trinajstić information content (AvgIpc) is 2.97. The second kappa shape index (κ2) is 11.9. The van der Waals surface area contributed by atoms with E-state index < -0.39 is 0 Å². The van der Waals surface area contributed by atoms with Gasteiger partial charge in [0.1, 0.15) is 9.88 Å². The van der Waals surface area contributed by atoms with E-state index in [1.165, 1.54) is 11.3 Å². The molecule has 1 rings (SSSR count). The first-order chi connectivity index (χ1) is 12.0. The number of hydrogen-bond donors (Lipinski definition) is 2. The zero-order valence-corrected chi connectivity index (χ0v) is 17.1. The van der Waals surface area contributed by atoms with Crippen LogP contribution in [0.3, 0.4) is 0 Å². The molecule has 0 aliphatic rings. The summed E-state index contributed by atoms with van der Waals surface area (Å²) in [5, 5.41) is 7.42. The van der Waals surface area contributed by atoms with Crippen molar-refractivity contribution in [3.05, 3.63) is 28.2 Å². The molecule has 0 aromatic carbocycles. The van der Waals surface area contributed by atoms with Gasteiger partial charge in [-0.25, -0.2) is 9.78 Å². The summed E-state index contributed by atoms with van der Waals surface area (Å²) >= 11 is 3.16. The minimum Gasteiger partial charge on any atom is -0.462 e. The number of esters is 1. The second-order valence-corrected chi connectivity index (χ2v) is 7.36. The van der Waals surface area contributed by atoms with Gasteiger partial charge in [-0.3, -0.25) is 4.99 Å². The first-order valence-corrected chi connectivity index (χ1v) is 10.4. The molecule has 25 heavy (non-hydrogen) atoms. The molecule has 8 heteroatoms. The minimum absolute atomic E-state index is 0.0505. The smallest absolute Gasteiger partial charge is 0.350 e. The summed E-state index contributed by atoms with van der Waals surface area (Å²) in [5.74, 6) is 2.32. The number of aryl methyl sites for hydroxylation is 1. The second-order valence-electron chi connectivity index (χ2n) is 5.18. The number of aliphatic imine (C=N–C) groups is 1. The summed E-state index contributed by atoms with van der Waals surface area (Å²) in [6.07, 6.45) is 1.89. The molecule has 1 unspecified atom stereocenters. The van der Waals surface area contributed by atoms with Crippen molar-refractivity contribution in [2.24, 2.45) is 4.99 Å². The van der Waals surface area contributed by atoms with Crippen LogP contribution in [0, 0.1) is 6.92 Å². The van der Waals surface area contributed by atoms with Crippen molar-refractivity contribution in [1.29, 1.82) is 0 Å². The number of ether oxygens (including phenoxy) is 1. The lowest BCUT2D eigenvalue weighted by atomic mass is 10.3. The number of aromatic nitrogens is 1. The average molecular weight is 385 g/mol. The number of nitrogens with zero attached hydrogens (tertiary/aromatic N) is 2. The Hall–Kier alpha value is -1.54. The molecule has 0 bridgehead atoms. The third-order valence-corrected chi connectivity index (χ3v) is 5.35. The molecule has 0 amide bonds. The van der Waals surface area contributed by atoms with Crippen LogP contribution >= 0.6 is 23.1 Å². The molecule has 0 saturated heterocycles. The molecular weight excluding hydrogens is 356 g/mol. The van der Waals surface area contributed by atoms with Gasteiger partial charge < -0.3 is 15.4 Å². The molecule has 0 fully saturated rings. The van der Waals surface area contributed by atoms with E-state index in [0.717, 1.165) is 35.6 Å². The fourth-order valence-corrected chi connectivity index (χ4v) is 3.48. The Bertz CT molecular complexity index is 587. The lowest BCUT2D eigenvalue weighted by molar-refractivity contribution is 0.0531. The van der Waals surface area contributed by atoms with Crippen molar-refractivity contribution in [3.63, 3.8) is 0 Å². The minimum atomic E-state index is -0.309. The molecule has 140 valence electrons. The van der Waals surface area contributed by atoms with Crippen LogP contribution in [0.1, 0.15) is 47.2 Å². The third kappa shape index (κ3) is 7.48. The molecule has 6 nitrogen and oxygen atoms in total. The molecule has 0 aliphatic heterocycles. The Balaban J connectivity index is 2.71. The van der Waals surface area contributed by atoms with Gasteiger partial charge in [-0.2, -0.15) is 11.8 Å². The lowest BCUT2D eigenvalue weighted by Gasteiger charge is -2.16. The predicted molar refractivity (Wildman–Crippen MR) is 108 cm³/mol. The largest absolute Gasteiger partial charge is 0.462 e. The van der Waals surface area contributed by atoms with E-state index in [9.17, 15) is 4.79 Å². The van der Waals surface area contributed by atoms with Gasteiger partial charge >= 0.3 is 5.97 Å². The summed E-state index contributed by atoms with van der Waals surface area (Å²) in [7, 11) is 0. The normalized spacial score (nSPS) is 12.6. The van der Waals surface area contributed by atoms with Gasteiger partial charge in [0.15, 0.2) is 5.96 Å². The first kappa shape index (κ1) is 21.5. The van der Waals surface area contributed by atoms with Gasteiger partial charge in [0.2, 0.25) is 0 Å². The zero-order valence-electron chi connectivity index (χ0n) is 15.4. The zero-order chi connectivity index (χ0) is 18.7. The number of carbonyl (C=O) groups excluding carboxylic acids is 1. The highest BCUT2D eigenvalue weighted by molar-refractivity contribution is 7.99. The number of guanidine groups is 1. The van der Waals surface area contributed by atoms with Gasteiger partial charge in [-0.05, 0) is 27.7 Å². The van der Waals surface area contributed by atoms with Crippen molar-refractivity contribution in [2.45, 2.75) is 33.7 Å². The van der Waals surface area contributed by atoms with Gasteiger partial charge in [0, 0.05) is 18.1 Å². The number of rotatable bonds is 10. The Morgan fingerprint density at radius 2 is 2.28 bits per heavy atom. The maximum absolute atomic E-state index is 11.9. The van der Waals surface area contributed by atoms with E-state index >= 15 is 0 Å². The van der Waals surface area contributed by atoms with Crippen molar-refractivity contribution >= 4 is 35.0 Å². The van der Waals surface area contributed by atoms with Crippen molar-refractivity contribution < 1.29 is 9.53 Å². The van der Waals surface area contributed by atoms with E-state index in [2.05, 4.69) is 27.2 Å².